The fraction of sp³-hybridized carbons (Fsp3) is 0.222. The van der Waals surface area contributed by atoms with E-state index < -0.39 is 16.9 Å². The normalized spacial score (nSPS) is 12.9. The highest BCUT2D eigenvalue weighted by molar-refractivity contribution is 5.83. The molecule has 0 bridgehead atoms. The lowest BCUT2D eigenvalue weighted by Crippen LogP contribution is -2.36. The minimum absolute atomic E-state index is 0.000351. The van der Waals surface area contributed by atoms with Crippen LogP contribution in [-0.2, 0) is 11.3 Å². The number of hydrogen-bond acceptors (Lipinski definition) is 7. The number of rotatable bonds is 7. The Kier molecular flexibility index (Phi) is 5.20. The number of hydrogen-bond donors (Lipinski definition) is 1. The summed E-state index contributed by atoms with van der Waals surface area (Å²) >= 11 is 0. The van der Waals surface area contributed by atoms with E-state index >= 15 is 0 Å². The van der Waals surface area contributed by atoms with Gasteiger partial charge in [0.2, 0.25) is 6.79 Å². The van der Waals surface area contributed by atoms with Gasteiger partial charge in [0.25, 0.3) is 11.6 Å². The first-order chi connectivity index (χ1) is 13.0. The number of ether oxygens (including phenoxy) is 3. The van der Waals surface area contributed by atoms with Crippen LogP contribution in [0.5, 0.6) is 17.2 Å². The zero-order valence-corrected chi connectivity index (χ0v) is 14.3. The van der Waals surface area contributed by atoms with Crippen molar-refractivity contribution in [2.24, 2.45) is 0 Å². The molecule has 2 aromatic carbocycles. The van der Waals surface area contributed by atoms with E-state index in [0.29, 0.717) is 17.8 Å². The van der Waals surface area contributed by atoms with Gasteiger partial charge in [-0.1, -0.05) is 6.07 Å². The highest BCUT2D eigenvalue weighted by atomic mass is 16.7. The molecule has 0 spiro atoms. The number of non-ortho nitro benzene ring substituents is 1. The lowest BCUT2D eigenvalue weighted by atomic mass is 10.2. The van der Waals surface area contributed by atoms with Gasteiger partial charge in [0.15, 0.2) is 23.9 Å². The van der Waals surface area contributed by atoms with Crippen molar-refractivity contribution in [2.75, 3.05) is 6.79 Å². The van der Waals surface area contributed by atoms with E-state index in [1.165, 1.54) is 19.1 Å². The van der Waals surface area contributed by atoms with Crippen LogP contribution in [-0.4, -0.2) is 30.0 Å². The monoisotopic (exact) mass is 372 g/mol. The molecule has 2 aromatic rings. The van der Waals surface area contributed by atoms with Crippen LogP contribution in [0.4, 0.5) is 5.69 Å². The van der Waals surface area contributed by atoms with Crippen molar-refractivity contribution in [3.05, 3.63) is 57.6 Å². The number of nitro benzene ring substituents is 1. The van der Waals surface area contributed by atoms with Crippen LogP contribution < -0.4 is 19.5 Å². The number of carbonyl (C=O) groups is 2. The lowest BCUT2D eigenvalue weighted by Gasteiger charge is -2.16. The van der Waals surface area contributed by atoms with E-state index in [1.54, 1.807) is 18.2 Å². The van der Waals surface area contributed by atoms with E-state index in [2.05, 4.69) is 5.32 Å². The van der Waals surface area contributed by atoms with Gasteiger partial charge in [-0.15, -0.1) is 0 Å². The number of carbonyl (C=O) groups excluding carboxylic acids is 2. The number of aldehydes is 1. The van der Waals surface area contributed by atoms with Crippen molar-refractivity contribution in [1.29, 1.82) is 0 Å². The molecule has 27 heavy (non-hydrogen) atoms. The summed E-state index contributed by atoms with van der Waals surface area (Å²) in [6, 6.07) is 8.94. The number of nitro groups is 1. The quantitative estimate of drug-likeness (QED) is 0.450. The summed E-state index contributed by atoms with van der Waals surface area (Å²) in [5.41, 5.74) is 0.590. The zero-order chi connectivity index (χ0) is 19.4. The Morgan fingerprint density at radius 1 is 1.30 bits per heavy atom. The van der Waals surface area contributed by atoms with Crippen LogP contribution in [0.1, 0.15) is 22.8 Å². The molecule has 9 heteroatoms. The van der Waals surface area contributed by atoms with Gasteiger partial charge in [0, 0.05) is 18.7 Å². The van der Waals surface area contributed by atoms with E-state index in [-0.39, 0.29) is 30.3 Å². The minimum atomic E-state index is -0.904. The maximum absolute atomic E-state index is 12.2. The predicted octanol–water partition coefficient (Wildman–Crippen LogP) is 2.22. The summed E-state index contributed by atoms with van der Waals surface area (Å²) in [6.07, 6.45) is -0.460. The number of nitrogens with one attached hydrogen (secondary N) is 1. The number of benzene rings is 2. The molecule has 0 aromatic heterocycles. The summed E-state index contributed by atoms with van der Waals surface area (Å²) in [5, 5.41) is 13.5. The molecule has 1 aliphatic heterocycles. The third-order valence-electron chi connectivity index (χ3n) is 3.91. The summed E-state index contributed by atoms with van der Waals surface area (Å²) in [6.45, 7) is 1.94. The van der Waals surface area contributed by atoms with Crippen molar-refractivity contribution >= 4 is 17.9 Å². The van der Waals surface area contributed by atoms with Gasteiger partial charge in [-0.3, -0.25) is 19.7 Å². The molecule has 1 N–H and O–H groups in total. The molecular formula is C18H16N2O7. The maximum atomic E-state index is 12.2. The number of nitrogens with zero attached hydrogens (tertiary/aromatic N) is 1. The largest absolute Gasteiger partial charge is 0.480 e. The average Bonchev–Trinajstić information content (AvgIpc) is 3.13. The highest BCUT2D eigenvalue weighted by Gasteiger charge is 2.19. The minimum Gasteiger partial charge on any atom is -0.480 e. The number of fused-ring (bicyclic) bond motifs is 1. The molecular weight excluding hydrogens is 356 g/mol. The Labute approximate surface area is 154 Å². The second-order valence-electron chi connectivity index (χ2n) is 5.76. The lowest BCUT2D eigenvalue weighted by molar-refractivity contribution is -0.384. The molecule has 0 aliphatic carbocycles. The van der Waals surface area contributed by atoms with Crippen molar-refractivity contribution in [1.82, 2.24) is 5.32 Å². The fourth-order valence-corrected chi connectivity index (χ4v) is 2.48. The van der Waals surface area contributed by atoms with Gasteiger partial charge in [-0.25, -0.2) is 0 Å². The molecule has 3 rings (SSSR count). The summed E-state index contributed by atoms with van der Waals surface area (Å²) in [5.74, 6) is 0.970. The van der Waals surface area contributed by atoms with Gasteiger partial charge >= 0.3 is 0 Å². The van der Waals surface area contributed by atoms with Crippen molar-refractivity contribution < 1.29 is 28.7 Å². The molecule has 9 nitrogen and oxygen atoms in total. The van der Waals surface area contributed by atoms with Gasteiger partial charge in [0.05, 0.1) is 10.5 Å². The van der Waals surface area contributed by atoms with Crippen molar-refractivity contribution in [3.8, 4) is 17.2 Å². The summed E-state index contributed by atoms with van der Waals surface area (Å²) in [4.78, 5) is 33.5. The van der Waals surface area contributed by atoms with Crippen molar-refractivity contribution in [3.63, 3.8) is 0 Å². The third-order valence-corrected chi connectivity index (χ3v) is 3.91. The van der Waals surface area contributed by atoms with Crippen LogP contribution in [0.15, 0.2) is 36.4 Å². The van der Waals surface area contributed by atoms with Crippen LogP contribution in [0.25, 0.3) is 0 Å². The highest BCUT2D eigenvalue weighted by Crippen LogP contribution is 2.32. The standard InChI is InChI=1S/C18H16N2O7/c1-11(27-15-5-3-14(20(23)24)7-13(15)9-21)18(22)19-8-12-2-4-16-17(6-12)26-10-25-16/h2-7,9,11H,8,10H2,1H3,(H,19,22)/t11-/m1/s1. The number of amides is 1. The van der Waals surface area contributed by atoms with Crippen molar-refractivity contribution in [2.45, 2.75) is 19.6 Å². The Balaban J connectivity index is 1.60. The molecule has 0 fully saturated rings. The first-order valence-electron chi connectivity index (χ1n) is 8.04. The third kappa shape index (κ3) is 4.14. The maximum Gasteiger partial charge on any atom is 0.270 e. The SMILES string of the molecule is C[C@@H](Oc1ccc([N+](=O)[O-])cc1C=O)C(=O)NCc1ccc2c(c1)OCO2. The smallest absolute Gasteiger partial charge is 0.270 e. The molecule has 140 valence electrons. The summed E-state index contributed by atoms with van der Waals surface area (Å²) < 4.78 is 16.0. The first-order valence-corrected chi connectivity index (χ1v) is 8.04. The molecule has 1 atom stereocenters. The van der Waals surface area contributed by atoms with E-state index in [4.69, 9.17) is 14.2 Å². The second-order valence-corrected chi connectivity index (χ2v) is 5.76. The molecule has 1 aliphatic rings. The van der Waals surface area contributed by atoms with Gasteiger partial charge in [-0.2, -0.15) is 0 Å². The van der Waals surface area contributed by atoms with Crippen LogP contribution in [0, 0.1) is 10.1 Å². The molecule has 1 heterocycles. The van der Waals surface area contributed by atoms with Gasteiger partial charge in [-0.05, 0) is 30.7 Å². The molecule has 0 saturated carbocycles. The Bertz CT molecular complexity index is 897. The van der Waals surface area contributed by atoms with Gasteiger partial charge in [0.1, 0.15) is 5.75 Å². The topological polar surface area (TPSA) is 117 Å². The first kappa shape index (κ1) is 18.2. The van der Waals surface area contributed by atoms with Crippen LogP contribution in [0.3, 0.4) is 0 Å². The fourth-order valence-electron chi connectivity index (χ4n) is 2.48. The second kappa shape index (κ2) is 7.73. The van der Waals surface area contributed by atoms with Crippen LogP contribution >= 0.6 is 0 Å². The molecule has 1 amide bonds. The van der Waals surface area contributed by atoms with Crippen LogP contribution in [0.2, 0.25) is 0 Å². The molecule has 0 unspecified atom stereocenters. The Morgan fingerprint density at radius 3 is 2.81 bits per heavy atom. The Hall–Kier alpha value is -3.62. The average molecular weight is 372 g/mol. The van der Waals surface area contributed by atoms with E-state index in [1.807, 2.05) is 0 Å². The predicted molar refractivity (Wildman–Crippen MR) is 93.0 cm³/mol. The zero-order valence-electron chi connectivity index (χ0n) is 14.3. The van der Waals surface area contributed by atoms with Gasteiger partial charge < -0.3 is 19.5 Å². The molecule has 0 radical (unpaired) electrons. The van der Waals surface area contributed by atoms with E-state index in [9.17, 15) is 19.7 Å². The molecule has 0 saturated heterocycles. The Morgan fingerprint density at radius 2 is 2.07 bits per heavy atom. The van der Waals surface area contributed by atoms with E-state index in [0.717, 1.165) is 11.6 Å². The summed E-state index contributed by atoms with van der Waals surface area (Å²) in [7, 11) is 0.